The number of nitrogen functional groups attached to an aromatic ring is 1. The fraction of sp³-hybridized carbons (Fsp3) is 0.0625. The van der Waals surface area contributed by atoms with Crippen LogP contribution in [0.5, 0.6) is 0 Å². The molecular weight excluding hydrogens is 350 g/mol. The van der Waals surface area contributed by atoms with Crippen molar-refractivity contribution in [2.45, 2.75) is 6.92 Å². The highest BCUT2D eigenvalue weighted by atomic mass is 79.9. The first-order chi connectivity index (χ1) is 10.1. The molecule has 3 N–H and O–H groups in total. The fourth-order valence-corrected chi connectivity index (χ4v) is 2.91. The number of aromatic nitrogens is 1. The number of hydrogen-bond acceptors (Lipinski definition) is 3. The van der Waals surface area contributed by atoms with Gasteiger partial charge in [0, 0.05) is 26.8 Å². The first kappa shape index (κ1) is 14.2. The van der Waals surface area contributed by atoms with Gasteiger partial charge in [-0.15, -0.1) is 0 Å². The van der Waals surface area contributed by atoms with Crippen molar-refractivity contribution >= 4 is 55.5 Å². The number of hydrogen-bond donors (Lipinski definition) is 2. The van der Waals surface area contributed by atoms with Crippen molar-refractivity contribution in [2.75, 3.05) is 11.1 Å². The van der Waals surface area contributed by atoms with Crippen LogP contribution in [0.4, 0.5) is 17.1 Å². The molecule has 0 aliphatic heterocycles. The number of halogens is 2. The molecule has 3 rings (SSSR count). The zero-order valence-electron chi connectivity index (χ0n) is 11.3. The molecule has 1 heterocycles. The van der Waals surface area contributed by atoms with E-state index < -0.39 is 0 Å². The average Bonchev–Trinajstić information content (AvgIpc) is 2.48. The van der Waals surface area contributed by atoms with Gasteiger partial charge in [-0.3, -0.25) is 4.98 Å². The Morgan fingerprint density at radius 2 is 2.00 bits per heavy atom. The second-order valence-electron chi connectivity index (χ2n) is 4.81. The predicted molar refractivity (Wildman–Crippen MR) is 93.3 cm³/mol. The highest BCUT2D eigenvalue weighted by molar-refractivity contribution is 9.10. The van der Waals surface area contributed by atoms with E-state index in [4.69, 9.17) is 17.3 Å². The SMILES string of the molecule is Cc1cc(Br)c(Nc2ccc(N)c3ncccc23)cc1Cl. The summed E-state index contributed by atoms with van der Waals surface area (Å²) >= 11 is 9.76. The summed E-state index contributed by atoms with van der Waals surface area (Å²) < 4.78 is 0.957. The summed E-state index contributed by atoms with van der Waals surface area (Å²) in [4.78, 5) is 4.33. The largest absolute Gasteiger partial charge is 0.397 e. The van der Waals surface area contributed by atoms with E-state index >= 15 is 0 Å². The van der Waals surface area contributed by atoms with Crippen LogP contribution in [-0.4, -0.2) is 4.98 Å². The molecule has 0 saturated heterocycles. The molecule has 0 unspecified atom stereocenters. The maximum atomic E-state index is 6.20. The topological polar surface area (TPSA) is 50.9 Å². The lowest BCUT2D eigenvalue weighted by molar-refractivity contribution is 1.40. The van der Waals surface area contributed by atoms with E-state index in [-0.39, 0.29) is 0 Å². The van der Waals surface area contributed by atoms with Crippen LogP contribution in [0.1, 0.15) is 5.56 Å². The summed E-state index contributed by atoms with van der Waals surface area (Å²) in [5.74, 6) is 0. The normalized spacial score (nSPS) is 10.8. The quantitative estimate of drug-likeness (QED) is 0.609. The predicted octanol–water partition coefficient (Wildman–Crippen LogP) is 5.28. The molecule has 5 heteroatoms. The maximum Gasteiger partial charge on any atom is 0.0951 e. The molecule has 2 aromatic carbocycles. The minimum Gasteiger partial charge on any atom is -0.397 e. The molecule has 21 heavy (non-hydrogen) atoms. The van der Waals surface area contributed by atoms with Crippen LogP contribution < -0.4 is 11.1 Å². The number of nitrogens with zero attached hydrogens (tertiary/aromatic N) is 1. The Morgan fingerprint density at radius 3 is 2.81 bits per heavy atom. The van der Waals surface area contributed by atoms with Gasteiger partial charge in [0.2, 0.25) is 0 Å². The summed E-state index contributed by atoms with van der Waals surface area (Å²) in [5, 5.41) is 5.08. The molecular formula is C16H13BrClN3. The van der Waals surface area contributed by atoms with E-state index in [0.717, 1.165) is 37.3 Å². The van der Waals surface area contributed by atoms with E-state index in [0.29, 0.717) is 5.69 Å². The highest BCUT2D eigenvalue weighted by Crippen LogP contribution is 2.34. The summed E-state index contributed by atoms with van der Waals surface area (Å²) in [6, 6.07) is 11.6. The Morgan fingerprint density at radius 1 is 1.19 bits per heavy atom. The Bertz CT molecular complexity index is 833. The lowest BCUT2D eigenvalue weighted by Crippen LogP contribution is -1.96. The van der Waals surface area contributed by atoms with Crippen molar-refractivity contribution < 1.29 is 0 Å². The number of anilines is 3. The smallest absolute Gasteiger partial charge is 0.0951 e. The Hall–Kier alpha value is -1.78. The molecule has 1 aromatic heterocycles. The second kappa shape index (κ2) is 5.54. The van der Waals surface area contributed by atoms with Gasteiger partial charge in [-0.05, 0) is 64.8 Å². The van der Waals surface area contributed by atoms with Crippen molar-refractivity contribution in [3.05, 3.63) is 57.7 Å². The lowest BCUT2D eigenvalue weighted by Gasteiger charge is -2.13. The lowest BCUT2D eigenvalue weighted by atomic mass is 10.1. The van der Waals surface area contributed by atoms with Crippen molar-refractivity contribution in [3.8, 4) is 0 Å². The molecule has 0 aliphatic carbocycles. The number of pyridine rings is 1. The van der Waals surface area contributed by atoms with Gasteiger partial charge in [-0.2, -0.15) is 0 Å². The first-order valence-corrected chi connectivity index (χ1v) is 7.59. The van der Waals surface area contributed by atoms with Crippen LogP contribution in [0.2, 0.25) is 5.02 Å². The summed E-state index contributed by atoms with van der Waals surface area (Å²) in [5.41, 5.74) is 10.3. The van der Waals surface area contributed by atoms with Gasteiger partial charge >= 0.3 is 0 Å². The minimum absolute atomic E-state index is 0.664. The van der Waals surface area contributed by atoms with Crippen LogP contribution in [0.3, 0.4) is 0 Å². The average molecular weight is 363 g/mol. The van der Waals surface area contributed by atoms with Gasteiger partial charge in [-0.1, -0.05) is 11.6 Å². The van der Waals surface area contributed by atoms with E-state index in [2.05, 4.69) is 26.2 Å². The zero-order chi connectivity index (χ0) is 15.0. The van der Waals surface area contributed by atoms with Crippen LogP contribution >= 0.6 is 27.5 Å². The second-order valence-corrected chi connectivity index (χ2v) is 6.07. The van der Waals surface area contributed by atoms with Crippen LogP contribution in [0.25, 0.3) is 10.9 Å². The third-order valence-electron chi connectivity index (χ3n) is 3.32. The number of nitrogens with one attached hydrogen (secondary N) is 1. The van der Waals surface area contributed by atoms with E-state index in [9.17, 15) is 0 Å². The fourth-order valence-electron chi connectivity index (χ4n) is 2.19. The van der Waals surface area contributed by atoms with Gasteiger partial charge in [0.05, 0.1) is 16.9 Å². The molecule has 0 aliphatic rings. The highest BCUT2D eigenvalue weighted by Gasteiger charge is 2.08. The summed E-state index contributed by atoms with van der Waals surface area (Å²) in [7, 11) is 0. The minimum atomic E-state index is 0.664. The maximum absolute atomic E-state index is 6.20. The van der Waals surface area contributed by atoms with Crippen LogP contribution in [-0.2, 0) is 0 Å². The molecule has 0 amide bonds. The van der Waals surface area contributed by atoms with Gasteiger partial charge in [0.25, 0.3) is 0 Å². The van der Waals surface area contributed by atoms with Crippen LogP contribution in [0, 0.1) is 6.92 Å². The number of aryl methyl sites for hydroxylation is 1. The van der Waals surface area contributed by atoms with Gasteiger partial charge in [0.15, 0.2) is 0 Å². The van der Waals surface area contributed by atoms with Crippen molar-refractivity contribution in [1.82, 2.24) is 4.98 Å². The van der Waals surface area contributed by atoms with Crippen LogP contribution in [0.15, 0.2) is 47.1 Å². The Kier molecular flexibility index (Phi) is 3.74. The third-order valence-corrected chi connectivity index (χ3v) is 4.38. The summed E-state index contributed by atoms with van der Waals surface area (Å²) in [6.45, 7) is 1.97. The van der Waals surface area contributed by atoms with Crippen molar-refractivity contribution in [2.24, 2.45) is 0 Å². The molecule has 0 bridgehead atoms. The van der Waals surface area contributed by atoms with E-state index in [1.807, 2.05) is 43.3 Å². The molecule has 0 radical (unpaired) electrons. The first-order valence-electron chi connectivity index (χ1n) is 6.42. The molecule has 0 atom stereocenters. The molecule has 3 nitrogen and oxygen atoms in total. The summed E-state index contributed by atoms with van der Waals surface area (Å²) in [6.07, 6.45) is 1.74. The molecule has 0 fully saturated rings. The van der Waals surface area contributed by atoms with E-state index in [1.54, 1.807) is 6.20 Å². The molecule has 106 valence electrons. The monoisotopic (exact) mass is 361 g/mol. The zero-order valence-corrected chi connectivity index (χ0v) is 13.7. The van der Waals surface area contributed by atoms with Gasteiger partial charge in [0.1, 0.15) is 0 Å². The number of benzene rings is 2. The van der Waals surface area contributed by atoms with Gasteiger partial charge < -0.3 is 11.1 Å². The molecule has 0 spiro atoms. The standard InChI is InChI=1S/C16H13BrClN3/c1-9-7-11(17)15(8-12(9)18)21-14-5-4-13(19)16-10(14)3-2-6-20-16/h2-8,21H,19H2,1H3. The van der Waals surface area contributed by atoms with E-state index in [1.165, 1.54) is 0 Å². The number of rotatable bonds is 2. The molecule has 3 aromatic rings. The van der Waals surface area contributed by atoms with Gasteiger partial charge in [-0.25, -0.2) is 0 Å². The van der Waals surface area contributed by atoms with Crippen molar-refractivity contribution in [3.63, 3.8) is 0 Å². The number of nitrogens with two attached hydrogens (primary N) is 1. The third kappa shape index (κ3) is 2.69. The molecule has 0 saturated carbocycles. The number of fused-ring (bicyclic) bond motifs is 1. The Labute approximate surface area is 136 Å². The van der Waals surface area contributed by atoms with Crippen molar-refractivity contribution in [1.29, 1.82) is 0 Å². The Balaban J connectivity index is 2.11.